The molecule has 0 aromatic rings. The van der Waals surface area contributed by atoms with Gasteiger partial charge in [-0.15, -0.1) is 0 Å². The monoisotopic (exact) mass is 434 g/mol. The molecule has 0 saturated carbocycles. The van der Waals surface area contributed by atoms with Gasteiger partial charge in [0.15, 0.2) is 51.5 Å². The fraction of sp³-hybridized carbons (Fsp3) is 0.333. The molecule has 0 rings (SSSR count). The first-order valence-electron chi connectivity index (χ1n) is 6.25. The summed E-state index contributed by atoms with van der Waals surface area (Å²) in [6.45, 7) is 11.4. The molecule has 25 heavy (non-hydrogen) atoms. The Bertz CT molecular complexity index is 850. The molecule has 0 aromatic carbocycles. The Morgan fingerprint density at radius 3 is 1.72 bits per heavy atom. The number of hydrogen-bond acceptors (Lipinski definition) is 9. The number of rotatable bonds is 13. The highest BCUT2D eigenvalue weighted by atomic mass is 32.2. The van der Waals surface area contributed by atoms with Gasteiger partial charge in [0.1, 0.15) is 6.61 Å². The number of sulfone groups is 3. The summed E-state index contributed by atoms with van der Waals surface area (Å²) >= 11 is -2.06. The molecule has 0 heterocycles. The summed E-state index contributed by atoms with van der Waals surface area (Å²) in [4.78, 5) is 0. The van der Waals surface area contributed by atoms with E-state index in [1.807, 2.05) is 0 Å². The summed E-state index contributed by atoms with van der Waals surface area (Å²) in [5, 5.41) is 2.26. The van der Waals surface area contributed by atoms with Crippen LogP contribution < -0.4 is 0 Å². The first kappa shape index (κ1) is 23.9. The summed E-state index contributed by atoms with van der Waals surface area (Å²) in [5.74, 6) is -1.10. The van der Waals surface area contributed by atoms with E-state index in [4.69, 9.17) is 4.74 Å². The number of ether oxygens (including phenoxy) is 1. The van der Waals surface area contributed by atoms with Crippen molar-refractivity contribution >= 4 is 40.6 Å². The topological polar surface area (TPSA) is 138 Å². The lowest BCUT2D eigenvalue weighted by Crippen LogP contribution is -2.39. The van der Waals surface area contributed by atoms with E-state index in [1.165, 1.54) is 0 Å². The largest absolute Gasteiger partial charge is 0.339 e. The van der Waals surface area contributed by atoms with E-state index in [9.17, 15) is 29.5 Å². The van der Waals surface area contributed by atoms with E-state index in [0.29, 0.717) is 16.2 Å². The average molecular weight is 435 g/mol. The fourth-order valence-electron chi connectivity index (χ4n) is 1.24. The summed E-state index contributed by atoms with van der Waals surface area (Å²) < 4.78 is 91.9. The minimum Gasteiger partial charge on any atom is -0.339 e. The van der Waals surface area contributed by atoms with Gasteiger partial charge in [0, 0.05) is 21.6 Å². The van der Waals surface area contributed by atoms with Crippen molar-refractivity contribution < 1.29 is 38.4 Å². The zero-order valence-corrected chi connectivity index (χ0v) is 16.3. The third kappa shape index (κ3) is 7.75. The van der Waals surface area contributed by atoms with Gasteiger partial charge in [-0.25, -0.2) is 29.5 Å². The maximum absolute atomic E-state index is 12.0. The molecule has 0 aliphatic heterocycles. The molecule has 0 N–H and O–H groups in total. The standard InChI is InChI=1S/C12H18O9S4/c1-5-22(13)20-9-11(24(16,17)7-3)21-12(25(18,19)8-4)10-23(14,15)6-2/h5-8,11-12H,1-4,9-10H2. The highest BCUT2D eigenvalue weighted by Gasteiger charge is 2.35. The fourth-order valence-corrected chi connectivity index (χ4v) is 4.93. The van der Waals surface area contributed by atoms with Gasteiger partial charge in [-0.2, -0.15) is 0 Å². The van der Waals surface area contributed by atoms with Gasteiger partial charge in [0.25, 0.3) is 0 Å². The summed E-state index contributed by atoms with van der Waals surface area (Å²) in [7, 11) is -12.7. The Kier molecular flexibility index (Phi) is 9.12. The van der Waals surface area contributed by atoms with Crippen molar-refractivity contribution in [1.29, 1.82) is 0 Å². The lowest BCUT2D eigenvalue weighted by Gasteiger charge is -2.22. The van der Waals surface area contributed by atoms with Gasteiger partial charge in [0.2, 0.25) is 0 Å². The van der Waals surface area contributed by atoms with Crippen LogP contribution in [-0.2, 0) is 49.5 Å². The molecule has 0 aliphatic carbocycles. The molecule has 0 bridgehead atoms. The van der Waals surface area contributed by atoms with Crippen molar-refractivity contribution in [3.63, 3.8) is 0 Å². The maximum atomic E-state index is 12.0. The Morgan fingerprint density at radius 1 is 0.840 bits per heavy atom. The van der Waals surface area contributed by atoms with Gasteiger partial charge < -0.3 is 4.74 Å². The van der Waals surface area contributed by atoms with Crippen LogP contribution in [0.1, 0.15) is 0 Å². The lowest BCUT2D eigenvalue weighted by atomic mass is 10.7. The van der Waals surface area contributed by atoms with Crippen molar-refractivity contribution in [1.82, 2.24) is 0 Å². The quantitative estimate of drug-likeness (QED) is 0.396. The van der Waals surface area contributed by atoms with Gasteiger partial charge in [-0.05, 0) is 0 Å². The van der Waals surface area contributed by atoms with Crippen LogP contribution >= 0.6 is 0 Å². The van der Waals surface area contributed by atoms with Crippen LogP contribution in [0.2, 0.25) is 0 Å². The third-order valence-electron chi connectivity index (χ3n) is 2.58. The molecule has 3 atom stereocenters. The average Bonchev–Trinajstić information content (AvgIpc) is 2.56. The summed E-state index contributed by atoms with van der Waals surface area (Å²) in [5.41, 5.74) is -4.08. The molecule has 0 saturated heterocycles. The van der Waals surface area contributed by atoms with Crippen LogP contribution in [0.5, 0.6) is 0 Å². The second-order valence-corrected chi connectivity index (χ2v) is 11.4. The molecule has 0 radical (unpaired) electrons. The van der Waals surface area contributed by atoms with Gasteiger partial charge in [0.05, 0.1) is 5.75 Å². The van der Waals surface area contributed by atoms with E-state index in [-0.39, 0.29) is 0 Å². The lowest BCUT2D eigenvalue weighted by molar-refractivity contribution is 0.0633. The van der Waals surface area contributed by atoms with Gasteiger partial charge in [-0.1, -0.05) is 26.3 Å². The van der Waals surface area contributed by atoms with Crippen molar-refractivity contribution in [2.45, 2.75) is 10.9 Å². The minimum atomic E-state index is -4.35. The minimum absolute atomic E-state index is 0.427. The number of hydrogen-bond donors (Lipinski definition) is 0. The smallest absolute Gasteiger partial charge is 0.200 e. The predicted molar refractivity (Wildman–Crippen MR) is 95.2 cm³/mol. The molecule has 144 valence electrons. The first-order valence-corrected chi connectivity index (χ1v) is 12.3. The Labute approximate surface area is 150 Å². The van der Waals surface area contributed by atoms with Crippen molar-refractivity contribution in [2.75, 3.05) is 12.4 Å². The Hall–Kier alpha value is -1.12. The molecular formula is C12H18O9S4. The third-order valence-corrected chi connectivity index (χ3v) is 7.63. The van der Waals surface area contributed by atoms with Crippen molar-refractivity contribution in [2.24, 2.45) is 0 Å². The van der Waals surface area contributed by atoms with Crippen LogP contribution in [0.15, 0.2) is 47.9 Å². The summed E-state index contributed by atoms with van der Waals surface area (Å²) in [6.07, 6.45) is 0. The van der Waals surface area contributed by atoms with Crippen LogP contribution in [0, 0.1) is 0 Å². The van der Waals surface area contributed by atoms with Crippen LogP contribution in [-0.4, -0.2) is 52.7 Å². The maximum Gasteiger partial charge on any atom is 0.200 e. The van der Waals surface area contributed by atoms with E-state index in [1.54, 1.807) is 0 Å². The zero-order chi connectivity index (χ0) is 19.9. The first-order chi connectivity index (χ1) is 11.3. The van der Waals surface area contributed by atoms with E-state index < -0.39 is 63.8 Å². The molecule has 13 heteroatoms. The van der Waals surface area contributed by atoms with Gasteiger partial charge >= 0.3 is 0 Å². The van der Waals surface area contributed by atoms with E-state index in [0.717, 1.165) is 5.41 Å². The predicted octanol–water partition coefficient (Wildman–Crippen LogP) is 0.154. The molecule has 0 aromatic heterocycles. The Balaban J connectivity index is 5.84. The van der Waals surface area contributed by atoms with Crippen LogP contribution in [0.3, 0.4) is 0 Å². The second-order valence-electron chi connectivity index (χ2n) is 4.21. The van der Waals surface area contributed by atoms with E-state index >= 15 is 0 Å². The molecule has 0 fully saturated rings. The molecular weight excluding hydrogens is 416 g/mol. The summed E-state index contributed by atoms with van der Waals surface area (Å²) in [6, 6.07) is 0. The molecule has 9 nitrogen and oxygen atoms in total. The van der Waals surface area contributed by atoms with Crippen LogP contribution in [0.4, 0.5) is 0 Å². The zero-order valence-electron chi connectivity index (χ0n) is 13.0. The molecule has 0 amide bonds. The molecule has 0 aliphatic rings. The van der Waals surface area contributed by atoms with Crippen LogP contribution in [0.25, 0.3) is 0 Å². The highest BCUT2D eigenvalue weighted by molar-refractivity contribution is 7.98. The normalized spacial score (nSPS) is 16.3. The second kappa shape index (κ2) is 9.54. The van der Waals surface area contributed by atoms with Crippen molar-refractivity contribution in [3.05, 3.63) is 47.9 Å². The highest BCUT2D eigenvalue weighted by Crippen LogP contribution is 2.17. The van der Waals surface area contributed by atoms with Gasteiger partial charge in [-0.3, -0.25) is 4.18 Å². The van der Waals surface area contributed by atoms with Crippen molar-refractivity contribution in [3.8, 4) is 0 Å². The SMILES string of the molecule is C=CS(=O)OCC(OC(CS(=O)(=O)C=C)S(=O)(=O)C=C)S(=O)(=O)C=C. The Morgan fingerprint density at radius 2 is 1.32 bits per heavy atom. The molecule has 0 spiro atoms. The molecule has 3 unspecified atom stereocenters. The van der Waals surface area contributed by atoms with E-state index in [2.05, 4.69) is 30.5 Å².